The molecule has 0 aromatic heterocycles. The summed E-state index contributed by atoms with van der Waals surface area (Å²) < 4.78 is 16.9. The molecular formula is C22H28O4. The second-order valence-electron chi connectivity index (χ2n) is 7.30. The average Bonchev–Trinajstić information content (AvgIpc) is 3.37. The third kappa shape index (κ3) is 4.37. The van der Waals surface area contributed by atoms with Crippen LogP contribution >= 0.6 is 0 Å². The summed E-state index contributed by atoms with van der Waals surface area (Å²) in [6.07, 6.45) is -0.222. The van der Waals surface area contributed by atoms with Gasteiger partial charge in [-0.3, -0.25) is 0 Å². The van der Waals surface area contributed by atoms with Gasteiger partial charge in [0.2, 0.25) is 0 Å². The third-order valence-electron chi connectivity index (χ3n) is 4.54. The summed E-state index contributed by atoms with van der Waals surface area (Å²) in [5.74, 6) is 1.81. The molecule has 0 saturated carbocycles. The van der Waals surface area contributed by atoms with Gasteiger partial charge in [0.05, 0.1) is 12.7 Å². The maximum atomic E-state index is 9.45. The minimum absolute atomic E-state index is 0.257. The Kier molecular flexibility index (Phi) is 5.54. The first-order valence-electron chi connectivity index (χ1n) is 9.13. The zero-order valence-corrected chi connectivity index (χ0v) is 16.3. The second-order valence-corrected chi connectivity index (χ2v) is 7.30. The molecule has 0 bridgehead atoms. The van der Waals surface area contributed by atoms with E-state index >= 15 is 0 Å². The van der Waals surface area contributed by atoms with Gasteiger partial charge in [-0.1, -0.05) is 0 Å². The van der Waals surface area contributed by atoms with Gasteiger partial charge in [0.15, 0.2) is 0 Å². The van der Waals surface area contributed by atoms with Gasteiger partial charge in [-0.25, -0.2) is 0 Å². The van der Waals surface area contributed by atoms with Crippen LogP contribution in [-0.2, 0) is 4.74 Å². The molecule has 2 atom stereocenters. The smallest absolute Gasteiger partial charge is 0.125 e. The first-order valence-corrected chi connectivity index (χ1v) is 9.13. The fourth-order valence-corrected chi connectivity index (χ4v) is 3.23. The number of rotatable bonds is 7. The number of ether oxygens (including phenoxy) is 3. The van der Waals surface area contributed by atoms with E-state index in [9.17, 15) is 5.11 Å². The fourth-order valence-electron chi connectivity index (χ4n) is 3.23. The Morgan fingerprint density at radius 2 is 1.35 bits per heavy atom. The van der Waals surface area contributed by atoms with Crippen LogP contribution in [0.2, 0.25) is 0 Å². The van der Waals surface area contributed by atoms with Crippen LogP contribution in [0.3, 0.4) is 0 Å². The first kappa shape index (κ1) is 18.7. The first-order chi connectivity index (χ1) is 12.3. The van der Waals surface area contributed by atoms with Crippen LogP contribution < -0.4 is 9.47 Å². The number of hydrogen-bond donors (Lipinski definition) is 1. The standard InChI is InChI=1S/C22H28O4/c1-13-6-18(7-14(2)21(13)25-10-17(5)23)19-8-15(3)22(16(4)9-19)26-12-20-11-24-20/h6-9,17,20,23H,10-12H2,1-5H3. The van der Waals surface area contributed by atoms with Crippen molar-refractivity contribution in [2.75, 3.05) is 19.8 Å². The van der Waals surface area contributed by atoms with Crippen molar-refractivity contribution >= 4 is 0 Å². The van der Waals surface area contributed by atoms with Crippen molar-refractivity contribution in [3.05, 3.63) is 46.5 Å². The summed E-state index contributed by atoms with van der Waals surface area (Å²) in [7, 11) is 0. The molecule has 2 aromatic carbocycles. The van der Waals surface area contributed by atoms with Crippen molar-refractivity contribution in [1.29, 1.82) is 0 Å². The van der Waals surface area contributed by atoms with Gasteiger partial charge >= 0.3 is 0 Å². The van der Waals surface area contributed by atoms with E-state index in [1.807, 2.05) is 13.8 Å². The van der Waals surface area contributed by atoms with Gasteiger partial charge < -0.3 is 19.3 Å². The van der Waals surface area contributed by atoms with E-state index in [0.717, 1.165) is 45.9 Å². The Labute approximate surface area is 155 Å². The Morgan fingerprint density at radius 1 is 0.923 bits per heavy atom. The summed E-state index contributed by atoms with van der Waals surface area (Å²) in [4.78, 5) is 0. The zero-order chi connectivity index (χ0) is 18.8. The minimum Gasteiger partial charge on any atom is -0.490 e. The Bertz CT molecular complexity index is 685. The second kappa shape index (κ2) is 7.68. The predicted molar refractivity (Wildman–Crippen MR) is 103 cm³/mol. The van der Waals surface area contributed by atoms with Crippen LogP contribution in [0.1, 0.15) is 29.2 Å². The van der Waals surface area contributed by atoms with Crippen molar-refractivity contribution in [2.24, 2.45) is 0 Å². The van der Waals surface area contributed by atoms with Crippen LogP contribution in [0, 0.1) is 27.7 Å². The molecule has 0 spiro atoms. The molecule has 2 aromatic rings. The summed E-state index contributed by atoms with van der Waals surface area (Å²) in [5.41, 5.74) is 6.73. The van der Waals surface area contributed by atoms with E-state index in [4.69, 9.17) is 14.2 Å². The van der Waals surface area contributed by atoms with Crippen LogP contribution in [0.25, 0.3) is 11.1 Å². The predicted octanol–water partition coefficient (Wildman–Crippen LogP) is 4.12. The van der Waals surface area contributed by atoms with E-state index in [1.54, 1.807) is 6.92 Å². The van der Waals surface area contributed by atoms with Gasteiger partial charge in [0.25, 0.3) is 0 Å². The number of benzene rings is 2. The highest BCUT2D eigenvalue weighted by atomic mass is 16.6. The maximum Gasteiger partial charge on any atom is 0.125 e. The van der Waals surface area contributed by atoms with E-state index < -0.39 is 6.10 Å². The van der Waals surface area contributed by atoms with Crippen molar-refractivity contribution < 1.29 is 19.3 Å². The molecule has 4 heteroatoms. The zero-order valence-electron chi connectivity index (χ0n) is 16.3. The average molecular weight is 356 g/mol. The summed E-state index contributed by atoms with van der Waals surface area (Å²) >= 11 is 0. The number of aliphatic hydroxyl groups is 1. The normalized spacial score (nSPS) is 17.1. The summed E-state index contributed by atoms with van der Waals surface area (Å²) in [6, 6.07) is 8.61. The largest absolute Gasteiger partial charge is 0.490 e. The molecular weight excluding hydrogens is 328 g/mol. The third-order valence-corrected chi connectivity index (χ3v) is 4.54. The molecule has 26 heavy (non-hydrogen) atoms. The topological polar surface area (TPSA) is 51.2 Å². The highest BCUT2D eigenvalue weighted by Crippen LogP contribution is 2.34. The lowest BCUT2D eigenvalue weighted by atomic mass is 9.96. The van der Waals surface area contributed by atoms with Gasteiger partial charge in [-0.05, 0) is 92.3 Å². The maximum absolute atomic E-state index is 9.45. The number of aryl methyl sites for hydroxylation is 4. The van der Waals surface area contributed by atoms with E-state index in [1.165, 1.54) is 5.56 Å². The van der Waals surface area contributed by atoms with Gasteiger partial charge in [-0.2, -0.15) is 0 Å². The van der Waals surface area contributed by atoms with Crippen molar-refractivity contribution in [1.82, 2.24) is 0 Å². The van der Waals surface area contributed by atoms with Crippen LogP contribution in [0.15, 0.2) is 24.3 Å². The highest BCUT2D eigenvalue weighted by molar-refractivity contribution is 5.70. The molecule has 1 fully saturated rings. The van der Waals surface area contributed by atoms with E-state index in [2.05, 4.69) is 38.1 Å². The number of epoxide rings is 1. The molecule has 1 N–H and O–H groups in total. The fraction of sp³-hybridized carbons (Fsp3) is 0.455. The van der Waals surface area contributed by atoms with E-state index in [-0.39, 0.29) is 6.10 Å². The lowest BCUT2D eigenvalue weighted by molar-refractivity contribution is 0.122. The van der Waals surface area contributed by atoms with Gasteiger partial charge in [-0.15, -0.1) is 0 Å². The number of hydrogen-bond acceptors (Lipinski definition) is 4. The molecule has 0 amide bonds. The molecule has 1 heterocycles. The molecule has 3 rings (SSSR count). The molecule has 4 nitrogen and oxygen atoms in total. The molecule has 1 saturated heterocycles. The van der Waals surface area contributed by atoms with Crippen LogP contribution in [0.5, 0.6) is 11.5 Å². The number of aliphatic hydroxyl groups excluding tert-OH is 1. The summed E-state index contributed by atoms with van der Waals surface area (Å²) in [5, 5.41) is 9.45. The Balaban J connectivity index is 1.86. The van der Waals surface area contributed by atoms with Crippen LogP contribution in [0.4, 0.5) is 0 Å². The SMILES string of the molecule is Cc1cc(-c2cc(C)c(OCC3CO3)c(C)c2)cc(C)c1OCC(C)O. The van der Waals surface area contributed by atoms with Crippen LogP contribution in [-0.4, -0.2) is 37.1 Å². The van der Waals surface area contributed by atoms with Crippen molar-refractivity contribution in [3.8, 4) is 22.6 Å². The van der Waals surface area contributed by atoms with Gasteiger partial charge in [0, 0.05) is 0 Å². The van der Waals surface area contributed by atoms with Gasteiger partial charge in [0.1, 0.15) is 30.8 Å². The lowest BCUT2D eigenvalue weighted by Crippen LogP contribution is -2.14. The van der Waals surface area contributed by atoms with Crippen molar-refractivity contribution in [2.45, 2.75) is 46.8 Å². The lowest BCUT2D eigenvalue weighted by Gasteiger charge is -2.17. The molecule has 140 valence electrons. The molecule has 1 aliphatic heterocycles. The molecule has 0 aliphatic carbocycles. The highest BCUT2D eigenvalue weighted by Gasteiger charge is 2.23. The quantitative estimate of drug-likeness (QED) is 0.758. The summed E-state index contributed by atoms with van der Waals surface area (Å²) in [6.45, 7) is 11.7. The Morgan fingerprint density at radius 3 is 1.73 bits per heavy atom. The molecule has 2 unspecified atom stereocenters. The Hall–Kier alpha value is -2.04. The van der Waals surface area contributed by atoms with Crippen molar-refractivity contribution in [3.63, 3.8) is 0 Å². The minimum atomic E-state index is -0.479. The monoisotopic (exact) mass is 356 g/mol. The van der Waals surface area contributed by atoms with E-state index in [0.29, 0.717) is 13.2 Å². The molecule has 1 aliphatic rings. The molecule has 0 radical (unpaired) electrons.